The molecule has 1 unspecified atom stereocenters. The molecule has 1 saturated heterocycles. The van der Waals surface area contributed by atoms with Gasteiger partial charge in [-0.25, -0.2) is 9.37 Å². The second kappa shape index (κ2) is 8.10. The number of carbonyl (C=O) groups excluding carboxylic acids is 1. The third kappa shape index (κ3) is 4.14. The fourth-order valence-corrected chi connectivity index (χ4v) is 4.10. The van der Waals surface area contributed by atoms with E-state index >= 15 is 0 Å². The molecule has 2 aromatic rings. The van der Waals surface area contributed by atoms with Gasteiger partial charge in [0.1, 0.15) is 11.6 Å². The van der Waals surface area contributed by atoms with Gasteiger partial charge in [-0.15, -0.1) is 0 Å². The van der Waals surface area contributed by atoms with Crippen LogP contribution >= 0.6 is 11.8 Å². The number of hydrogen-bond acceptors (Lipinski definition) is 6. The zero-order chi connectivity index (χ0) is 19.6. The number of benzene rings is 1. The summed E-state index contributed by atoms with van der Waals surface area (Å²) < 4.78 is 14.3. The Morgan fingerprint density at radius 1 is 1.37 bits per heavy atom. The van der Waals surface area contributed by atoms with Gasteiger partial charge >= 0.3 is 0 Å². The number of thioether (sulfide) groups is 1. The van der Waals surface area contributed by atoms with Crippen molar-refractivity contribution in [1.82, 2.24) is 19.8 Å². The van der Waals surface area contributed by atoms with Crippen LogP contribution in [0.25, 0.3) is 0 Å². The lowest BCUT2D eigenvalue weighted by Crippen LogP contribution is -2.38. The number of nitrogens with zero attached hydrogens (tertiary/aromatic N) is 3. The first-order chi connectivity index (χ1) is 12.9. The van der Waals surface area contributed by atoms with E-state index in [1.165, 1.54) is 23.7 Å². The van der Waals surface area contributed by atoms with Crippen molar-refractivity contribution in [2.75, 3.05) is 25.1 Å². The molecule has 0 radical (unpaired) electrons. The number of aromatic nitrogens is 2. The van der Waals surface area contributed by atoms with Crippen LogP contribution < -0.4 is 10.9 Å². The molecule has 0 spiro atoms. The molecule has 1 atom stereocenters. The molecule has 7 nitrogen and oxygen atoms in total. The third-order valence-corrected chi connectivity index (χ3v) is 5.60. The first kappa shape index (κ1) is 19.4. The zero-order valence-electron chi connectivity index (χ0n) is 15.1. The Balaban J connectivity index is 1.86. The molecular weight excluding hydrogens is 371 g/mol. The van der Waals surface area contributed by atoms with E-state index in [1.807, 2.05) is 7.05 Å². The SMILES string of the molecule is CN1CCSCC1c1nc(C(=O)NCc2ccc(F)cc2)c(O)c(=O)n1C. The number of halogens is 1. The van der Waals surface area contributed by atoms with Crippen LogP contribution in [0, 0.1) is 5.82 Å². The maximum absolute atomic E-state index is 13.0. The number of aromatic hydroxyl groups is 1. The molecule has 2 heterocycles. The molecule has 3 rings (SSSR count). The molecule has 1 fully saturated rings. The molecule has 1 aromatic heterocycles. The number of amides is 1. The molecule has 1 amide bonds. The van der Waals surface area contributed by atoms with Crippen LogP contribution in [0.5, 0.6) is 5.75 Å². The van der Waals surface area contributed by atoms with Crippen LogP contribution in [0.2, 0.25) is 0 Å². The van der Waals surface area contributed by atoms with Gasteiger partial charge in [0.05, 0.1) is 6.04 Å². The monoisotopic (exact) mass is 392 g/mol. The van der Waals surface area contributed by atoms with E-state index in [9.17, 15) is 19.1 Å². The molecule has 1 aliphatic rings. The molecule has 0 aliphatic carbocycles. The first-order valence-electron chi connectivity index (χ1n) is 8.49. The Bertz CT molecular complexity index is 901. The standard InChI is InChI=1S/C18H21FN4O3S/c1-22-7-8-27-10-13(22)16-21-14(15(24)18(26)23(16)2)17(25)20-9-11-3-5-12(19)6-4-11/h3-6,13,24H,7-10H2,1-2H3,(H,20,25). The van der Waals surface area contributed by atoms with Crippen molar-refractivity contribution in [3.63, 3.8) is 0 Å². The highest BCUT2D eigenvalue weighted by Gasteiger charge is 2.28. The molecule has 0 saturated carbocycles. The Labute approximate surface area is 160 Å². The largest absolute Gasteiger partial charge is 0.501 e. The summed E-state index contributed by atoms with van der Waals surface area (Å²) >= 11 is 1.75. The van der Waals surface area contributed by atoms with E-state index in [0.717, 1.165) is 18.1 Å². The van der Waals surface area contributed by atoms with Gasteiger partial charge in [0, 0.05) is 31.6 Å². The van der Waals surface area contributed by atoms with Crippen molar-refractivity contribution in [1.29, 1.82) is 0 Å². The van der Waals surface area contributed by atoms with Gasteiger partial charge in [0.2, 0.25) is 5.75 Å². The molecular formula is C18H21FN4O3S. The first-order valence-corrected chi connectivity index (χ1v) is 9.64. The fourth-order valence-electron chi connectivity index (χ4n) is 2.89. The lowest BCUT2D eigenvalue weighted by molar-refractivity contribution is 0.0941. The average Bonchev–Trinajstić information content (AvgIpc) is 2.66. The van der Waals surface area contributed by atoms with Crippen molar-refractivity contribution >= 4 is 17.7 Å². The van der Waals surface area contributed by atoms with E-state index < -0.39 is 17.2 Å². The minimum absolute atomic E-state index is 0.120. The lowest BCUT2D eigenvalue weighted by Gasteiger charge is -2.32. The van der Waals surface area contributed by atoms with Gasteiger partial charge < -0.3 is 10.4 Å². The van der Waals surface area contributed by atoms with Crippen molar-refractivity contribution in [3.05, 3.63) is 57.5 Å². The summed E-state index contributed by atoms with van der Waals surface area (Å²) in [5, 5.41) is 12.8. The van der Waals surface area contributed by atoms with E-state index in [2.05, 4.69) is 15.2 Å². The average molecular weight is 392 g/mol. The highest BCUT2D eigenvalue weighted by Crippen LogP contribution is 2.27. The van der Waals surface area contributed by atoms with Crippen LogP contribution in [0.1, 0.15) is 27.9 Å². The van der Waals surface area contributed by atoms with Gasteiger partial charge in [0.15, 0.2) is 5.69 Å². The molecule has 2 N–H and O–H groups in total. The van der Waals surface area contributed by atoms with Crippen LogP contribution in [-0.2, 0) is 13.6 Å². The van der Waals surface area contributed by atoms with Gasteiger partial charge in [-0.2, -0.15) is 11.8 Å². The highest BCUT2D eigenvalue weighted by molar-refractivity contribution is 7.99. The van der Waals surface area contributed by atoms with Gasteiger partial charge in [-0.3, -0.25) is 19.1 Å². The predicted octanol–water partition coefficient (Wildman–Crippen LogP) is 1.27. The quantitative estimate of drug-likeness (QED) is 0.815. The smallest absolute Gasteiger partial charge is 0.296 e. The number of hydrogen-bond donors (Lipinski definition) is 2. The Morgan fingerprint density at radius 2 is 2.07 bits per heavy atom. The van der Waals surface area contributed by atoms with Crippen molar-refractivity contribution in [2.24, 2.45) is 7.05 Å². The normalized spacial score (nSPS) is 17.7. The van der Waals surface area contributed by atoms with Gasteiger partial charge in [0.25, 0.3) is 11.5 Å². The number of rotatable bonds is 4. The molecule has 1 aromatic carbocycles. The zero-order valence-corrected chi connectivity index (χ0v) is 15.9. The second-order valence-electron chi connectivity index (χ2n) is 6.41. The Kier molecular flexibility index (Phi) is 5.81. The molecule has 0 bridgehead atoms. The van der Waals surface area contributed by atoms with E-state index in [4.69, 9.17) is 0 Å². The van der Waals surface area contributed by atoms with Crippen molar-refractivity contribution < 1.29 is 14.3 Å². The van der Waals surface area contributed by atoms with Crippen molar-refractivity contribution in [3.8, 4) is 5.75 Å². The maximum Gasteiger partial charge on any atom is 0.296 e. The summed E-state index contributed by atoms with van der Waals surface area (Å²) in [7, 11) is 3.48. The van der Waals surface area contributed by atoms with Gasteiger partial charge in [-0.05, 0) is 24.7 Å². The summed E-state index contributed by atoms with van der Waals surface area (Å²) in [6, 6.07) is 5.57. The van der Waals surface area contributed by atoms with Crippen LogP contribution in [0.3, 0.4) is 0 Å². The Morgan fingerprint density at radius 3 is 2.74 bits per heavy atom. The third-order valence-electron chi connectivity index (χ3n) is 4.58. The number of carbonyl (C=O) groups is 1. The molecule has 1 aliphatic heterocycles. The second-order valence-corrected chi connectivity index (χ2v) is 7.56. The summed E-state index contributed by atoms with van der Waals surface area (Å²) in [5.74, 6) is 0.489. The lowest BCUT2D eigenvalue weighted by atomic mass is 10.2. The summed E-state index contributed by atoms with van der Waals surface area (Å²) in [4.78, 5) is 31.3. The van der Waals surface area contributed by atoms with E-state index in [1.54, 1.807) is 23.9 Å². The fraction of sp³-hybridized carbons (Fsp3) is 0.389. The highest BCUT2D eigenvalue weighted by atomic mass is 32.2. The summed E-state index contributed by atoms with van der Waals surface area (Å²) in [6.45, 7) is 0.974. The van der Waals surface area contributed by atoms with Crippen LogP contribution in [-0.4, -0.2) is 50.6 Å². The van der Waals surface area contributed by atoms with E-state index in [-0.39, 0.29) is 24.1 Å². The summed E-state index contributed by atoms with van der Waals surface area (Å²) in [5.41, 5.74) is -0.258. The van der Waals surface area contributed by atoms with E-state index in [0.29, 0.717) is 11.4 Å². The minimum atomic E-state index is -0.677. The van der Waals surface area contributed by atoms with Crippen LogP contribution in [0.15, 0.2) is 29.1 Å². The predicted molar refractivity (Wildman–Crippen MR) is 101 cm³/mol. The maximum atomic E-state index is 13.0. The minimum Gasteiger partial charge on any atom is -0.501 e. The summed E-state index contributed by atoms with van der Waals surface area (Å²) in [6.07, 6.45) is 0. The van der Waals surface area contributed by atoms with Crippen LogP contribution in [0.4, 0.5) is 4.39 Å². The molecule has 144 valence electrons. The van der Waals surface area contributed by atoms with Crippen molar-refractivity contribution in [2.45, 2.75) is 12.6 Å². The number of nitrogens with one attached hydrogen (secondary N) is 1. The molecule has 27 heavy (non-hydrogen) atoms. The molecule has 9 heteroatoms. The topological polar surface area (TPSA) is 87.5 Å². The Hall–Kier alpha value is -2.39. The van der Waals surface area contributed by atoms with Gasteiger partial charge in [-0.1, -0.05) is 12.1 Å².